The number of carbonyl (C=O) groups excluding carboxylic acids is 1. The average molecular weight is 270 g/mol. The van der Waals surface area contributed by atoms with Gasteiger partial charge in [-0.05, 0) is 43.7 Å². The van der Waals surface area contributed by atoms with Gasteiger partial charge in [-0.1, -0.05) is 0 Å². The third kappa shape index (κ3) is 2.23. The van der Waals surface area contributed by atoms with Crippen LogP contribution in [0.3, 0.4) is 0 Å². The van der Waals surface area contributed by atoms with Crippen LogP contribution in [0.1, 0.15) is 39.4 Å². The summed E-state index contributed by atoms with van der Waals surface area (Å²) in [7, 11) is 0. The molecule has 2 heterocycles. The summed E-state index contributed by atoms with van der Waals surface area (Å²) in [5, 5.41) is 0.147. The van der Waals surface area contributed by atoms with Crippen molar-refractivity contribution in [2.45, 2.75) is 37.5 Å². The highest BCUT2D eigenvalue weighted by Crippen LogP contribution is 2.31. The maximum atomic E-state index is 12.3. The van der Waals surface area contributed by atoms with Gasteiger partial charge in [-0.15, -0.1) is 22.9 Å². The van der Waals surface area contributed by atoms with E-state index in [2.05, 4.69) is 6.07 Å². The Balaban J connectivity index is 1.79. The second kappa shape index (κ2) is 4.62. The van der Waals surface area contributed by atoms with Crippen molar-refractivity contribution in [3.63, 3.8) is 0 Å². The molecular formula is C13H16ClNOS. The lowest BCUT2D eigenvalue weighted by Crippen LogP contribution is -2.28. The maximum absolute atomic E-state index is 12.3. The molecule has 1 aliphatic heterocycles. The summed E-state index contributed by atoms with van der Waals surface area (Å²) in [5.74, 6) is 0.188. The van der Waals surface area contributed by atoms with Crippen LogP contribution < -0.4 is 0 Å². The highest BCUT2D eigenvalue weighted by atomic mass is 35.5. The Hall–Kier alpha value is -0.540. The Morgan fingerprint density at radius 2 is 2.24 bits per heavy atom. The van der Waals surface area contributed by atoms with Gasteiger partial charge in [-0.2, -0.15) is 0 Å². The van der Waals surface area contributed by atoms with Crippen LogP contribution in [-0.2, 0) is 12.8 Å². The quantitative estimate of drug-likeness (QED) is 0.718. The van der Waals surface area contributed by atoms with Crippen molar-refractivity contribution in [3.05, 3.63) is 21.4 Å². The number of amides is 1. The zero-order valence-electron chi connectivity index (χ0n) is 9.75. The van der Waals surface area contributed by atoms with Gasteiger partial charge in [-0.3, -0.25) is 4.79 Å². The number of thiophene rings is 1. The fraction of sp³-hybridized carbons (Fsp3) is 0.615. The van der Waals surface area contributed by atoms with E-state index in [-0.39, 0.29) is 11.3 Å². The minimum Gasteiger partial charge on any atom is -0.336 e. The Kier molecular flexibility index (Phi) is 3.14. The van der Waals surface area contributed by atoms with Crippen LogP contribution >= 0.6 is 22.9 Å². The van der Waals surface area contributed by atoms with Crippen LogP contribution in [0.4, 0.5) is 0 Å². The zero-order chi connectivity index (χ0) is 11.8. The Morgan fingerprint density at radius 1 is 1.41 bits per heavy atom. The number of fused-ring (bicyclic) bond motifs is 1. The van der Waals surface area contributed by atoms with Crippen LogP contribution in [0.2, 0.25) is 0 Å². The van der Waals surface area contributed by atoms with Gasteiger partial charge in [-0.25, -0.2) is 0 Å². The van der Waals surface area contributed by atoms with Gasteiger partial charge < -0.3 is 4.90 Å². The number of alkyl halides is 1. The van der Waals surface area contributed by atoms with Crippen molar-refractivity contribution in [1.29, 1.82) is 0 Å². The zero-order valence-corrected chi connectivity index (χ0v) is 11.3. The first-order chi connectivity index (χ1) is 8.24. The topological polar surface area (TPSA) is 20.3 Å². The molecule has 0 N–H and O–H groups in total. The molecule has 0 saturated carbocycles. The predicted octanol–water partition coefficient (Wildman–Crippen LogP) is 3.08. The minimum absolute atomic E-state index is 0.147. The molecule has 92 valence electrons. The molecule has 4 heteroatoms. The summed E-state index contributed by atoms with van der Waals surface area (Å²) in [4.78, 5) is 16.5. The molecule has 2 aliphatic rings. The van der Waals surface area contributed by atoms with Gasteiger partial charge in [0.15, 0.2) is 0 Å². The van der Waals surface area contributed by atoms with Crippen LogP contribution in [0.5, 0.6) is 0 Å². The van der Waals surface area contributed by atoms with E-state index >= 15 is 0 Å². The number of hydrogen-bond donors (Lipinski definition) is 0. The van der Waals surface area contributed by atoms with Gasteiger partial charge in [0.2, 0.25) is 0 Å². The molecule has 1 aliphatic carbocycles. The van der Waals surface area contributed by atoms with Crippen molar-refractivity contribution in [2.24, 2.45) is 0 Å². The molecule has 2 nitrogen and oxygen atoms in total. The molecular weight excluding hydrogens is 254 g/mol. The van der Waals surface area contributed by atoms with Crippen LogP contribution in [0.25, 0.3) is 0 Å². The van der Waals surface area contributed by atoms with E-state index in [1.807, 2.05) is 4.90 Å². The lowest BCUT2D eigenvalue weighted by Gasteiger charge is -2.13. The van der Waals surface area contributed by atoms with Crippen LogP contribution in [-0.4, -0.2) is 29.3 Å². The molecule has 17 heavy (non-hydrogen) atoms. The highest BCUT2D eigenvalue weighted by molar-refractivity contribution is 7.14. The van der Waals surface area contributed by atoms with E-state index in [4.69, 9.17) is 11.6 Å². The van der Waals surface area contributed by atoms with Gasteiger partial charge in [0.1, 0.15) is 0 Å². The van der Waals surface area contributed by atoms with E-state index in [0.29, 0.717) is 6.54 Å². The fourth-order valence-corrected chi connectivity index (χ4v) is 4.14. The minimum atomic E-state index is 0.147. The second-order valence-corrected chi connectivity index (χ2v) is 6.66. The molecule has 1 saturated heterocycles. The van der Waals surface area contributed by atoms with Gasteiger partial charge in [0, 0.05) is 18.0 Å². The SMILES string of the molecule is O=C(c1cc2c(s1)CCCC2)N1CCC(Cl)C1. The molecule has 1 unspecified atom stereocenters. The highest BCUT2D eigenvalue weighted by Gasteiger charge is 2.27. The summed E-state index contributed by atoms with van der Waals surface area (Å²) >= 11 is 7.75. The number of aryl methyl sites for hydroxylation is 2. The van der Waals surface area contributed by atoms with E-state index in [9.17, 15) is 4.79 Å². The second-order valence-electron chi connectivity index (χ2n) is 4.90. The van der Waals surface area contributed by atoms with Crippen molar-refractivity contribution in [3.8, 4) is 0 Å². The molecule has 1 fully saturated rings. The fourth-order valence-electron chi connectivity index (χ4n) is 2.65. The van der Waals surface area contributed by atoms with Crippen molar-refractivity contribution < 1.29 is 4.79 Å². The first-order valence-electron chi connectivity index (χ1n) is 6.29. The number of hydrogen-bond acceptors (Lipinski definition) is 2. The number of rotatable bonds is 1. The van der Waals surface area contributed by atoms with E-state index in [0.717, 1.165) is 30.7 Å². The molecule has 0 bridgehead atoms. The van der Waals surface area contributed by atoms with Gasteiger partial charge in [0.25, 0.3) is 5.91 Å². The van der Waals surface area contributed by atoms with Crippen LogP contribution in [0, 0.1) is 0 Å². The molecule has 1 aromatic heterocycles. The van der Waals surface area contributed by atoms with Crippen molar-refractivity contribution in [1.82, 2.24) is 4.90 Å². The molecule has 0 spiro atoms. The first-order valence-corrected chi connectivity index (χ1v) is 7.54. The summed E-state index contributed by atoms with van der Waals surface area (Å²) in [6.45, 7) is 1.53. The molecule has 3 rings (SSSR count). The van der Waals surface area contributed by atoms with Crippen molar-refractivity contribution in [2.75, 3.05) is 13.1 Å². The monoisotopic (exact) mass is 269 g/mol. The summed E-state index contributed by atoms with van der Waals surface area (Å²) in [5.41, 5.74) is 1.41. The van der Waals surface area contributed by atoms with Gasteiger partial charge >= 0.3 is 0 Å². The normalized spacial score (nSPS) is 23.8. The summed E-state index contributed by atoms with van der Waals surface area (Å²) < 4.78 is 0. The standard InChI is InChI=1S/C13H16ClNOS/c14-10-5-6-15(8-10)13(16)12-7-9-3-1-2-4-11(9)17-12/h7,10H,1-6,8H2. The largest absolute Gasteiger partial charge is 0.336 e. The van der Waals surface area contributed by atoms with E-state index in [1.165, 1.54) is 23.3 Å². The molecule has 1 atom stereocenters. The lowest BCUT2D eigenvalue weighted by atomic mass is 9.99. The number of carbonyl (C=O) groups is 1. The van der Waals surface area contributed by atoms with Crippen molar-refractivity contribution >= 4 is 28.8 Å². The molecule has 0 aromatic carbocycles. The molecule has 1 aromatic rings. The lowest BCUT2D eigenvalue weighted by molar-refractivity contribution is 0.0798. The third-order valence-corrected chi connectivity index (χ3v) is 5.21. The summed E-state index contributed by atoms with van der Waals surface area (Å²) in [6, 6.07) is 2.11. The van der Waals surface area contributed by atoms with Crippen LogP contribution in [0.15, 0.2) is 6.07 Å². The first kappa shape index (κ1) is 11.5. The van der Waals surface area contributed by atoms with E-state index < -0.39 is 0 Å². The number of likely N-dealkylation sites (tertiary alicyclic amines) is 1. The Bertz CT molecular complexity index is 419. The summed E-state index contributed by atoms with van der Waals surface area (Å²) in [6.07, 6.45) is 5.78. The Labute approximate surface area is 111 Å². The smallest absolute Gasteiger partial charge is 0.263 e. The molecule has 1 amide bonds. The Morgan fingerprint density at radius 3 is 2.94 bits per heavy atom. The predicted molar refractivity (Wildman–Crippen MR) is 71.1 cm³/mol. The maximum Gasteiger partial charge on any atom is 0.263 e. The average Bonchev–Trinajstić information content (AvgIpc) is 2.93. The third-order valence-electron chi connectivity index (χ3n) is 3.63. The van der Waals surface area contributed by atoms with E-state index in [1.54, 1.807) is 11.3 Å². The number of nitrogens with zero attached hydrogens (tertiary/aromatic N) is 1. The number of halogens is 1. The van der Waals surface area contributed by atoms with Gasteiger partial charge in [0.05, 0.1) is 10.3 Å². The molecule has 0 radical (unpaired) electrons.